The zero-order chi connectivity index (χ0) is 24.2. The minimum Gasteiger partial charge on any atom is -0.489 e. The van der Waals surface area contributed by atoms with Crippen molar-refractivity contribution in [1.82, 2.24) is 4.90 Å². The Morgan fingerprint density at radius 1 is 1.11 bits per heavy atom. The largest absolute Gasteiger partial charge is 0.489 e. The van der Waals surface area contributed by atoms with Crippen molar-refractivity contribution >= 4 is 27.5 Å². The number of benzene rings is 3. The van der Waals surface area contributed by atoms with Gasteiger partial charge in [-0.3, -0.25) is 19.8 Å². The highest BCUT2D eigenvalue weighted by atomic mass is 79.9. The van der Waals surface area contributed by atoms with Crippen LogP contribution in [-0.2, 0) is 16.9 Å². The molecule has 178 valence electrons. The van der Waals surface area contributed by atoms with Crippen LogP contribution in [0.5, 0.6) is 5.75 Å². The fourth-order valence-corrected chi connectivity index (χ4v) is 6.77. The molecule has 4 atom stereocenters. The molecule has 3 heterocycles. The third-order valence-electron chi connectivity index (χ3n) is 7.66. The smallest absolute Gasteiger partial charge is 0.256 e. The van der Waals surface area contributed by atoms with Gasteiger partial charge in [0.1, 0.15) is 12.4 Å². The standard InChI is InChI=1S/C27H24BrN3O4/c28-18-12-13-23(35-16-17-7-2-1-3-8-17)19(15-18)24-22-11-6-14-30(22)27(25(24)31(33)34)20-9-4-5-10-21(20)29-26(27)32/h1-5,7-10,12-13,15,22,24-25H,6,11,14,16H2,(H,29,32)/t22-,24-,25+,27-/m0/s1. The molecule has 3 aromatic carbocycles. The van der Waals surface area contributed by atoms with E-state index in [9.17, 15) is 14.9 Å². The van der Waals surface area contributed by atoms with Crippen LogP contribution in [0.4, 0.5) is 5.69 Å². The summed E-state index contributed by atoms with van der Waals surface area (Å²) in [6, 6.07) is 21.6. The summed E-state index contributed by atoms with van der Waals surface area (Å²) >= 11 is 3.56. The number of para-hydroxylation sites is 1. The predicted molar refractivity (Wildman–Crippen MR) is 135 cm³/mol. The summed E-state index contributed by atoms with van der Waals surface area (Å²) in [5, 5.41) is 15.8. The maximum Gasteiger partial charge on any atom is 0.256 e. The molecular weight excluding hydrogens is 510 g/mol. The lowest BCUT2D eigenvalue weighted by Crippen LogP contribution is -2.55. The molecule has 0 unspecified atom stereocenters. The third kappa shape index (κ3) is 3.31. The lowest BCUT2D eigenvalue weighted by atomic mass is 9.77. The Hall–Kier alpha value is -3.23. The van der Waals surface area contributed by atoms with Gasteiger partial charge < -0.3 is 10.1 Å². The van der Waals surface area contributed by atoms with Gasteiger partial charge in [-0.25, -0.2) is 0 Å². The van der Waals surface area contributed by atoms with E-state index in [1.54, 1.807) is 0 Å². The molecule has 7 nitrogen and oxygen atoms in total. The van der Waals surface area contributed by atoms with Gasteiger partial charge in [0.25, 0.3) is 11.9 Å². The van der Waals surface area contributed by atoms with E-state index in [1.807, 2.05) is 72.8 Å². The molecule has 3 aliphatic heterocycles. The van der Waals surface area contributed by atoms with Crippen LogP contribution in [0.25, 0.3) is 0 Å². The molecule has 0 bridgehead atoms. The van der Waals surface area contributed by atoms with Crippen molar-refractivity contribution in [2.75, 3.05) is 11.9 Å². The highest BCUT2D eigenvalue weighted by Gasteiger charge is 2.73. The summed E-state index contributed by atoms with van der Waals surface area (Å²) in [6.07, 6.45) is 1.67. The van der Waals surface area contributed by atoms with E-state index < -0.39 is 17.5 Å². The number of fused-ring (bicyclic) bond motifs is 4. The molecule has 1 amide bonds. The monoisotopic (exact) mass is 533 g/mol. The summed E-state index contributed by atoms with van der Waals surface area (Å²) in [5.41, 5.74) is 1.79. The number of hydrogen-bond acceptors (Lipinski definition) is 5. The highest BCUT2D eigenvalue weighted by Crippen LogP contribution is 2.59. The summed E-state index contributed by atoms with van der Waals surface area (Å²) in [7, 11) is 0. The van der Waals surface area contributed by atoms with Crippen molar-refractivity contribution in [2.45, 2.75) is 43.0 Å². The summed E-state index contributed by atoms with van der Waals surface area (Å²) in [6.45, 7) is 0.996. The molecule has 0 aromatic heterocycles. The minimum absolute atomic E-state index is 0.143. The molecule has 0 radical (unpaired) electrons. The van der Waals surface area contributed by atoms with Crippen LogP contribution in [0.15, 0.2) is 77.3 Å². The van der Waals surface area contributed by atoms with Crippen LogP contribution in [0.1, 0.15) is 35.4 Å². The summed E-state index contributed by atoms with van der Waals surface area (Å²) < 4.78 is 7.07. The molecular formula is C27H24BrN3O4. The Kier molecular flexibility index (Phi) is 5.38. The zero-order valence-corrected chi connectivity index (χ0v) is 20.5. The van der Waals surface area contributed by atoms with Gasteiger partial charge in [0, 0.05) is 38.8 Å². The number of ether oxygens (including phenoxy) is 1. The molecule has 0 aliphatic carbocycles. The quantitative estimate of drug-likeness (QED) is 0.365. The zero-order valence-electron chi connectivity index (χ0n) is 18.9. The van der Waals surface area contributed by atoms with E-state index in [1.165, 1.54) is 0 Å². The maximum atomic E-state index is 13.7. The highest BCUT2D eigenvalue weighted by molar-refractivity contribution is 9.10. The van der Waals surface area contributed by atoms with Gasteiger partial charge in [0.2, 0.25) is 0 Å². The maximum absolute atomic E-state index is 13.7. The van der Waals surface area contributed by atoms with E-state index in [4.69, 9.17) is 4.74 Å². The van der Waals surface area contributed by atoms with Gasteiger partial charge in [-0.2, -0.15) is 0 Å². The first-order valence-electron chi connectivity index (χ1n) is 11.8. The number of amides is 1. The Morgan fingerprint density at radius 2 is 1.89 bits per heavy atom. The summed E-state index contributed by atoms with van der Waals surface area (Å²) in [4.78, 5) is 28.4. The number of rotatable bonds is 5. The number of carbonyl (C=O) groups is 1. The fourth-order valence-electron chi connectivity index (χ4n) is 6.39. The van der Waals surface area contributed by atoms with Crippen LogP contribution in [0.3, 0.4) is 0 Å². The topological polar surface area (TPSA) is 84.7 Å². The second-order valence-electron chi connectivity index (χ2n) is 9.38. The second kappa shape index (κ2) is 8.46. The molecule has 1 N–H and O–H groups in total. The molecule has 8 heteroatoms. The Balaban J connectivity index is 1.49. The van der Waals surface area contributed by atoms with Crippen molar-refractivity contribution in [3.63, 3.8) is 0 Å². The van der Waals surface area contributed by atoms with Gasteiger partial charge in [-0.15, -0.1) is 0 Å². The van der Waals surface area contributed by atoms with Gasteiger partial charge in [0.15, 0.2) is 5.54 Å². The van der Waals surface area contributed by atoms with Crippen LogP contribution in [-0.4, -0.2) is 34.4 Å². The third-order valence-corrected chi connectivity index (χ3v) is 8.16. The Bertz CT molecular complexity index is 1320. The van der Waals surface area contributed by atoms with Crippen molar-refractivity contribution in [3.05, 3.63) is 104 Å². The van der Waals surface area contributed by atoms with Crippen molar-refractivity contribution < 1.29 is 14.5 Å². The van der Waals surface area contributed by atoms with Crippen LogP contribution >= 0.6 is 15.9 Å². The van der Waals surface area contributed by atoms with E-state index in [0.717, 1.165) is 28.4 Å². The predicted octanol–water partition coefficient (Wildman–Crippen LogP) is 5.08. The normalized spacial score (nSPS) is 27.0. The molecule has 2 saturated heterocycles. The van der Waals surface area contributed by atoms with Crippen molar-refractivity contribution in [3.8, 4) is 5.75 Å². The number of nitrogens with zero attached hydrogens (tertiary/aromatic N) is 2. The van der Waals surface area contributed by atoms with Gasteiger partial charge >= 0.3 is 0 Å². The van der Waals surface area contributed by atoms with Crippen LogP contribution < -0.4 is 10.1 Å². The van der Waals surface area contributed by atoms with E-state index in [-0.39, 0.29) is 16.9 Å². The van der Waals surface area contributed by atoms with Crippen LogP contribution in [0, 0.1) is 10.1 Å². The average Bonchev–Trinajstić information content (AvgIpc) is 3.52. The first-order valence-corrected chi connectivity index (χ1v) is 12.6. The molecule has 1 spiro atoms. The minimum atomic E-state index is -1.34. The van der Waals surface area contributed by atoms with Gasteiger partial charge in [-0.05, 0) is 42.7 Å². The number of hydrogen-bond donors (Lipinski definition) is 1. The Morgan fingerprint density at radius 3 is 2.69 bits per heavy atom. The number of halogens is 1. The molecule has 3 aromatic rings. The van der Waals surface area contributed by atoms with Crippen molar-refractivity contribution in [2.24, 2.45) is 0 Å². The molecule has 2 fully saturated rings. The molecule has 0 saturated carbocycles. The number of nitro groups is 1. The second-order valence-corrected chi connectivity index (χ2v) is 10.3. The lowest BCUT2D eigenvalue weighted by molar-refractivity contribution is -0.534. The van der Waals surface area contributed by atoms with E-state index >= 15 is 0 Å². The molecule has 3 aliphatic rings. The molecule has 35 heavy (non-hydrogen) atoms. The average molecular weight is 534 g/mol. The lowest BCUT2D eigenvalue weighted by Gasteiger charge is -2.32. The Labute approximate surface area is 211 Å². The summed E-state index contributed by atoms with van der Waals surface area (Å²) in [5.74, 6) is -0.200. The SMILES string of the molecule is O=C1Nc2ccccc2[C@]12[C@H]([N+](=O)[O-])[C@@H](c1cc(Br)ccc1OCc1ccccc1)[C@@H]1CCCN12. The van der Waals surface area contributed by atoms with E-state index in [0.29, 0.717) is 30.2 Å². The first kappa shape index (κ1) is 22.2. The van der Waals surface area contributed by atoms with Crippen LogP contribution in [0.2, 0.25) is 0 Å². The van der Waals surface area contributed by atoms with Gasteiger partial charge in [-0.1, -0.05) is 64.5 Å². The molecule has 6 rings (SSSR count). The number of anilines is 1. The van der Waals surface area contributed by atoms with Gasteiger partial charge in [0.05, 0.1) is 5.92 Å². The fraction of sp³-hybridized carbons (Fsp3) is 0.296. The first-order chi connectivity index (χ1) is 17.0. The number of nitrogens with one attached hydrogen (secondary N) is 1. The van der Waals surface area contributed by atoms with Crippen molar-refractivity contribution in [1.29, 1.82) is 0 Å². The number of carbonyl (C=O) groups excluding carboxylic acids is 1. The van der Waals surface area contributed by atoms with E-state index in [2.05, 4.69) is 26.1 Å².